The number of hydrogen-bond acceptors (Lipinski definition) is 5. The van der Waals surface area contributed by atoms with Gasteiger partial charge in [0.2, 0.25) is 0 Å². The largest absolute Gasteiger partial charge is 0.324 e. The van der Waals surface area contributed by atoms with Crippen LogP contribution in [-0.4, -0.2) is 30.4 Å². The molecule has 1 aromatic rings. The summed E-state index contributed by atoms with van der Waals surface area (Å²) in [5.41, 5.74) is 5.50. The number of aryl methyl sites for hydroxylation is 1. The van der Waals surface area contributed by atoms with Gasteiger partial charge < -0.3 is 5.73 Å². The molecule has 1 saturated heterocycles. The highest BCUT2D eigenvalue weighted by molar-refractivity contribution is 7.91. The van der Waals surface area contributed by atoms with Crippen molar-refractivity contribution in [1.29, 1.82) is 0 Å². The van der Waals surface area contributed by atoms with E-state index in [1.165, 1.54) is 0 Å². The molecule has 1 aliphatic rings. The van der Waals surface area contributed by atoms with E-state index in [-0.39, 0.29) is 11.5 Å². The molecule has 1 unspecified atom stereocenters. The van der Waals surface area contributed by atoms with Gasteiger partial charge in [-0.1, -0.05) is 0 Å². The van der Waals surface area contributed by atoms with Crippen LogP contribution in [0.2, 0.25) is 0 Å². The smallest absolute Gasteiger partial charge is 0.152 e. The maximum absolute atomic E-state index is 11.3. The number of sulfone groups is 1. The molecule has 0 aliphatic carbocycles. The lowest BCUT2D eigenvalue weighted by molar-refractivity contribution is 0.479. The lowest BCUT2D eigenvalue weighted by atomic mass is 9.96. The molecule has 0 saturated carbocycles. The topological polar surface area (TPSA) is 73.0 Å². The standard InChI is InChI=1S/C9H14N2O2S2/c1-7-11-5-8(14-7)4-9(10)2-3-15(12,13)6-9/h5H,2-4,6,10H2,1H3. The van der Waals surface area contributed by atoms with E-state index in [0.717, 1.165) is 9.88 Å². The summed E-state index contributed by atoms with van der Waals surface area (Å²) in [7, 11) is -2.91. The summed E-state index contributed by atoms with van der Waals surface area (Å²) in [5, 5.41) is 0.995. The van der Waals surface area contributed by atoms with E-state index >= 15 is 0 Å². The third kappa shape index (κ3) is 2.56. The fraction of sp³-hybridized carbons (Fsp3) is 0.667. The number of nitrogens with two attached hydrogens (primary N) is 1. The second kappa shape index (κ2) is 3.54. The van der Waals surface area contributed by atoms with Gasteiger partial charge in [-0.15, -0.1) is 11.3 Å². The molecule has 1 fully saturated rings. The quantitative estimate of drug-likeness (QED) is 0.825. The van der Waals surface area contributed by atoms with Crippen molar-refractivity contribution in [2.45, 2.75) is 25.3 Å². The highest BCUT2D eigenvalue weighted by Crippen LogP contribution is 2.26. The molecule has 0 spiro atoms. The zero-order chi connectivity index (χ0) is 11.1. The normalized spacial score (nSPS) is 29.5. The Morgan fingerprint density at radius 1 is 1.67 bits per heavy atom. The van der Waals surface area contributed by atoms with Crippen LogP contribution in [0.1, 0.15) is 16.3 Å². The summed E-state index contributed by atoms with van der Waals surface area (Å²) in [6.07, 6.45) is 2.98. The minimum absolute atomic E-state index is 0.108. The zero-order valence-electron chi connectivity index (χ0n) is 8.56. The van der Waals surface area contributed by atoms with Crippen molar-refractivity contribution in [3.8, 4) is 0 Å². The molecule has 1 atom stereocenters. The van der Waals surface area contributed by atoms with Crippen LogP contribution in [0.15, 0.2) is 6.20 Å². The SMILES string of the molecule is Cc1ncc(CC2(N)CCS(=O)(=O)C2)s1. The van der Waals surface area contributed by atoms with Crippen molar-refractivity contribution in [3.05, 3.63) is 16.1 Å². The molecule has 0 amide bonds. The molecule has 2 N–H and O–H groups in total. The van der Waals surface area contributed by atoms with Gasteiger partial charge in [-0.3, -0.25) is 0 Å². The molecule has 0 radical (unpaired) electrons. The highest BCUT2D eigenvalue weighted by atomic mass is 32.2. The molecule has 1 aromatic heterocycles. The van der Waals surface area contributed by atoms with E-state index in [0.29, 0.717) is 12.8 Å². The van der Waals surface area contributed by atoms with Crippen LogP contribution in [0.5, 0.6) is 0 Å². The fourth-order valence-corrected chi connectivity index (χ4v) is 4.85. The van der Waals surface area contributed by atoms with Gasteiger partial charge >= 0.3 is 0 Å². The first-order valence-electron chi connectivity index (χ1n) is 4.79. The number of thiazole rings is 1. The number of hydrogen-bond donors (Lipinski definition) is 1. The molecular formula is C9H14N2O2S2. The van der Waals surface area contributed by atoms with Gasteiger partial charge in [0, 0.05) is 23.0 Å². The van der Waals surface area contributed by atoms with Crippen molar-refractivity contribution in [3.63, 3.8) is 0 Å². The molecule has 1 aliphatic heterocycles. The Balaban J connectivity index is 2.13. The van der Waals surface area contributed by atoms with E-state index in [2.05, 4.69) is 4.98 Å². The van der Waals surface area contributed by atoms with E-state index in [9.17, 15) is 8.42 Å². The summed E-state index contributed by atoms with van der Waals surface area (Å²) < 4.78 is 22.7. The Kier molecular flexibility index (Phi) is 2.60. The molecular weight excluding hydrogens is 232 g/mol. The van der Waals surface area contributed by atoms with E-state index in [4.69, 9.17) is 5.73 Å². The summed E-state index contributed by atoms with van der Waals surface area (Å²) >= 11 is 1.59. The average Bonchev–Trinajstić information content (AvgIpc) is 2.57. The van der Waals surface area contributed by atoms with Crippen LogP contribution >= 0.6 is 11.3 Å². The minimum Gasteiger partial charge on any atom is -0.324 e. The second-order valence-corrected chi connectivity index (χ2v) is 7.73. The van der Waals surface area contributed by atoms with E-state index < -0.39 is 15.4 Å². The van der Waals surface area contributed by atoms with Gasteiger partial charge in [-0.2, -0.15) is 0 Å². The van der Waals surface area contributed by atoms with Gasteiger partial charge in [0.05, 0.1) is 16.5 Å². The van der Waals surface area contributed by atoms with Crippen molar-refractivity contribution in [2.75, 3.05) is 11.5 Å². The minimum atomic E-state index is -2.91. The van der Waals surface area contributed by atoms with Crippen molar-refractivity contribution >= 4 is 21.2 Å². The number of aromatic nitrogens is 1. The van der Waals surface area contributed by atoms with Crippen LogP contribution in [-0.2, 0) is 16.3 Å². The third-order valence-electron chi connectivity index (χ3n) is 2.61. The van der Waals surface area contributed by atoms with Gasteiger partial charge in [0.25, 0.3) is 0 Å². The van der Waals surface area contributed by atoms with Gasteiger partial charge in [0.15, 0.2) is 9.84 Å². The maximum atomic E-state index is 11.3. The van der Waals surface area contributed by atoms with E-state index in [1.807, 2.05) is 6.92 Å². The van der Waals surface area contributed by atoms with Crippen LogP contribution in [0.25, 0.3) is 0 Å². The Morgan fingerprint density at radius 2 is 2.40 bits per heavy atom. The molecule has 2 heterocycles. The summed E-state index contributed by atoms with van der Waals surface area (Å²) in [4.78, 5) is 5.22. The highest BCUT2D eigenvalue weighted by Gasteiger charge is 2.39. The van der Waals surface area contributed by atoms with E-state index in [1.54, 1.807) is 17.5 Å². The van der Waals surface area contributed by atoms with Crippen LogP contribution in [0.3, 0.4) is 0 Å². The maximum Gasteiger partial charge on any atom is 0.152 e. The molecule has 15 heavy (non-hydrogen) atoms. The predicted octanol–water partition coefficient (Wildman–Crippen LogP) is 0.510. The van der Waals surface area contributed by atoms with Crippen LogP contribution < -0.4 is 5.73 Å². The molecule has 0 aromatic carbocycles. The Hall–Kier alpha value is -0.460. The zero-order valence-corrected chi connectivity index (χ0v) is 10.2. The third-order valence-corrected chi connectivity index (χ3v) is 5.37. The predicted molar refractivity (Wildman–Crippen MR) is 60.7 cm³/mol. The van der Waals surface area contributed by atoms with Crippen molar-refractivity contribution in [1.82, 2.24) is 4.98 Å². The summed E-state index contributed by atoms with van der Waals surface area (Å²) in [6.45, 7) is 1.93. The lowest BCUT2D eigenvalue weighted by Gasteiger charge is -2.20. The number of rotatable bonds is 2. The molecule has 4 nitrogen and oxygen atoms in total. The van der Waals surface area contributed by atoms with Gasteiger partial charge in [0.1, 0.15) is 0 Å². The Bertz CT molecular complexity index is 466. The Morgan fingerprint density at radius 3 is 2.87 bits per heavy atom. The lowest BCUT2D eigenvalue weighted by Crippen LogP contribution is -2.43. The average molecular weight is 246 g/mol. The van der Waals surface area contributed by atoms with Crippen LogP contribution in [0, 0.1) is 6.92 Å². The van der Waals surface area contributed by atoms with Gasteiger partial charge in [-0.25, -0.2) is 13.4 Å². The summed E-state index contributed by atoms with van der Waals surface area (Å²) in [5.74, 6) is 0.332. The van der Waals surface area contributed by atoms with Crippen LogP contribution in [0.4, 0.5) is 0 Å². The van der Waals surface area contributed by atoms with Crippen molar-refractivity contribution in [2.24, 2.45) is 5.73 Å². The molecule has 0 bridgehead atoms. The fourth-order valence-electron chi connectivity index (χ4n) is 1.91. The first-order chi connectivity index (χ1) is 6.89. The van der Waals surface area contributed by atoms with Crippen molar-refractivity contribution < 1.29 is 8.42 Å². The first kappa shape index (κ1) is 11.0. The van der Waals surface area contributed by atoms with Gasteiger partial charge in [-0.05, 0) is 13.3 Å². The molecule has 84 valence electrons. The molecule has 6 heteroatoms. The number of nitrogens with zero attached hydrogens (tertiary/aromatic N) is 1. The molecule has 2 rings (SSSR count). The summed E-state index contributed by atoms with van der Waals surface area (Å²) in [6, 6.07) is 0. The Labute approximate surface area is 93.4 Å². The second-order valence-electron chi connectivity index (χ2n) is 4.23. The first-order valence-corrected chi connectivity index (χ1v) is 7.43. The monoisotopic (exact) mass is 246 g/mol.